The molecule has 6 nitrogen and oxygen atoms in total. The summed E-state index contributed by atoms with van der Waals surface area (Å²) in [6, 6.07) is 4.54. The van der Waals surface area contributed by atoms with E-state index in [0.29, 0.717) is 31.0 Å². The smallest absolute Gasteiger partial charge is 0.406 e. The minimum atomic E-state index is -4.77. The third-order valence-electron chi connectivity index (χ3n) is 4.99. The van der Waals surface area contributed by atoms with Gasteiger partial charge in [-0.15, -0.1) is 13.2 Å². The molecule has 0 radical (unpaired) electrons. The number of ether oxygens (including phenoxy) is 1. The highest BCUT2D eigenvalue weighted by molar-refractivity contribution is 5.86. The van der Waals surface area contributed by atoms with Crippen LogP contribution in [-0.2, 0) is 11.3 Å². The Hall–Kier alpha value is -2.52. The summed E-state index contributed by atoms with van der Waals surface area (Å²) in [5, 5.41) is 5.23. The topological polar surface area (TPSA) is 70.7 Å². The van der Waals surface area contributed by atoms with E-state index in [4.69, 9.17) is 0 Å². The number of nitrogens with zero attached hydrogens (tertiary/aromatic N) is 1. The van der Waals surface area contributed by atoms with Gasteiger partial charge in [0.2, 0.25) is 5.67 Å². The van der Waals surface area contributed by atoms with Crippen LogP contribution in [0, 0.1) is 5.92 Å². The van der Waals surface area contributed by atoms with Crippen molar-refractivity contribution in [2.24, 2.45) is 5.92 Å². The van der Waals surface area contributed by atoms with Crippen molar-refractivity contribution in [3.05, 3.63) is 29.8 Å². The molecule has 29 heavy (non-hydrogen) atoms. The fourth-order valence-electron chi connectivity index (χ4n) is 3.19. The number of halogens is 4. The van der Waals surface area contributed by atoms with E-state index in [1.165, 1.54) is 17.0 Å². The molecule has 1 aromatic rings. The van der Waals surface area contributed by atoms with Gasteiger partial charge >= 0.3 is 12.4 Å². The second kappa shape index (κ2) is 8.46. The van der Waals surface area contributed by atoms with Gasteiger partial charge in [0.15, 0.2) is 0 Å². The molecule has 1 atom stereocenters. The second-order valence-electron chi connectivity index (χ2n) is 7.49. The van der Waals surface area contributed by atoms with E-state index in [0.717, 1.165) is 25.0 Å². The molecule has 2 N–H and O–H groups in total. The number of hydrogen-bond acceptors (Lipinski definition) is 3. The zero-order chi connectivity index (χ0) is 21.1. The van der Waals surface area contributed by atoms with E-state index >= 15 is 4.39 Å². The van der Waals surface area contributed by atoms with Gasteiger partial charge in [0, 0.05) is 19.6 Å². The molecule has 0 spiro atoms. The van der Waals surface area contributed by atoms with Crippen LogP contribution in [0.1, 0.15) is 31.2 Å². The Bertz CT molecular complexity index is 737. The molecule has 10 heteroatoms. The molecule has 160 valence electrons. The Morgan fingerprint density at radius 2 is 1.86 bits per heavy atom. The van der Waals surface area contributed by atoms with Crippen LogP contribution in [0.15, 0.2) is 24.3 Å². The molecule has 1 heterocycles. The molecule has 1 aliphatic heterocycles. The van der Waals surface area contributed by atoms with Crippen LogP contribution in [0.25, 0.3) is 0 Å². The summed E-state index contributed by atoms with van der Waals surface area (Å²) in [4.78, 5) is 25.8. The van der Waals surface area contributed by atoms with Gasteiger partial charge < -0.3 is 20.3 Å². The summed E-state index contributed by atoms with van der Waals surface area (Å²) in [6.07, 6.45) is -2.26. The van der Waals surface area contributed by atoms with E-state index in [-0.39, 0.29) is 25.3 Å². The fraction of sp³-hybridized carbons (Fsp3) is 0.579. The minimum Gasteiger partial charge on any atom is -0.406 e. The molecule has 1 aliphatic carbocycles. The first kappa shape index (κ1) is 21.2. The fourth-order valence-corrected chi connectivity index (χ4v) is 3.19. The molecule has 0 bridgehead atoms. The standard InChI is InChI=1S/C19H23F4N3O3/c20-18(16(27)24-10-13-2-3-13)8-1-9-26(12-18)17(28)25-11-14-4-6-15(7-5-14)29-19(21,22)23/h4-7,13H,1-3,8-12H2,(H,24,27)(H,25,28). The minimum absolute atomic E-state index is 0.0504. The van der Waals surface area contributed by atoms with Gasteiger partial charge in [-0.05, 0) is 49.3 Å². The number of carbonyl (C=O) groups is 2. The molecule has 0 aromatic heterocycles. The van der Waals surface area contributed by atoms with Crippen LogP contribution in [0.5, 0.6) is 5.75 Å². The largest absolute Gasteiger partial charge is 0.573 e. The van der Waals surface area contributed by atoms with Gasteiger partial charge in [0.05, 0.1) is 6.54 Å². The third-order valence-corrected chi connectivity index (χ3v) is 4.99. The van der Waals surface area contributed by atoms with Gasteiger partial charge in [-0.25, -0.2) is 9.18 Å². The Balaban J connectivity index is 1.48. The molecule has 3 rings (SSSR count). The Kier molecular flexibility index (Phi) is 6.18. The molecule has 3 amide bonds. The summed E-state index contributed by atoms with van der Waals surface area (Å²) in [7, 11) is 0. The SMILES string of the molecule is O=C(NCc1ccc(OC(F)(F)F)cc1)N1CCCC(F)(C(=O)NCC2CC2)C1. The average Bonchev–Trinajstić information content (AvgIpc) is 3.48. The van der Waals surface area contributed by atoms with Crippen LogP contribution in [-0.4, -0.2) is 48.5 Å². The summed E-state index contributed by atoms with van der Waals surface area (Å²) in [6.45, 7) is 0.513. The number of carbonyl (C=O) groups excluding carboxylic acids is 2. The van der Waals surface area contributed by atoms with Crippen LogP contribution in [0.3, 0.4) is 0 Å². The van der Waals surface area contributed by atoms with Crippen molar-refractivity contribution in [2.75, 3.05) is 19.6 Å². The zero-order valence-corrected chi connectivity index (χ0v) is 15.7. The van der Waals surface area contributed by atoms with Crippen molar-refractivity contribution in [2.45, 2.75) is 44.3 Å². The first-order chi connectivity index (χ1) is 13.6. The Morgan fingerprint density at radius 3 is 2.48 bits per heavy atom. The average molecular weight is 417 g/mol. The van der Waals surface area contributed by atoms with Crippen molar-refractivity contribution in [3.63, 3.8) is 0 Å². The molecular formula is C19H23F4N3O3. The van der Waals surface area contributed by atoms with Crippen LogP contribution in [0.2, 0.25) is 0 Å². The van der Waals surface area contributed by atoms with Crippen molar-refractivity contribution in [1.82, 2.24) is 15.5 Å². The molecule has 1 unspecified atom stereocenters. The molecular weight excluding hydrogens is 394 g/mol. The van der Waals surface area contributed by atoms with Gasteiger partial charge in [0.25, 0.3) is 5.91 Å². The van der Waals surface area contributed by atoms with Crippen LogP contribution >= 0.6 is 0 Å². The number of benzene rings is 1. The quantitative estimate of drug-likeness (QED) is 0.699. The normalized spacial score (nSPS) is 22.1. The predicted molar refractivity (Wildman–Crippen MR) is 95.7 cm³/mol. The van der Waals surface area contributed by atoms with E-state index in [1.54, 1.807) is 0 Å². The molecule has 2 fully saturated rings. The highest BCUT2D eigenvalue weighted by atomic mass is 19.4. The van der Waals surface area contributed by atoms with Crippen molar-refractivity contribution in [1.29, 1.82) is 0 Å². The van der Waals surface area contributed by atoms with Crippen LogP contribution in [0.4, 0.5) is 22.4 Å². The lowest BCUT2D eigenvalue weighted by atomic mass is 9.94. The highest BCUT2D eigenvalue weighted by Crippen LogP contribution is 2.29. The maximum Gasteiger partial charge on any atom is 0.573 e. The summed E-state index contributed by atoms with van der Waals surface area (Å²) in [5.41, 5.74) is -1.56. The first-order valence-electron chi connectivity index (χ1n) is 9.49. The highest BCUT2D eigenvalue weighted by Gasteiger charge is 2.44. The number of amides is 3. The van der Waals surface area contributed by atoms with E-state index in [1.807, 2.05) is 0 Å². The number of nitrogens with one attached hydrogen (secondary N) is 2. The molecule has 2 aliphatic rings. The lowest BCUT2D eigenvalue weighted by Crippen LogP contribution is -2.57. The molecule has 1 saturated carbocycles. The molecule has 1 saturated heterocycles. The summed E-state index contributed by atoms with van der Waals surface area (Å²) in [5.74, 6) is -0.608. The van der Waals surface area contributed by atoms with Gasteiger partial charge in [-0.3, -0.25) is 4.79 Å². The zero-order valence-electron chi connectivity index (χ0n) is 15.7. The Labute approximate surface area is 165 Å². The van der Waals surface area contributed by atoms with Gasteiger partial charge in [-0.2, -0.15) is 0 Å². The molecule has 1 aromatic carbocycles. The number of alkyl halides is 4. The lowest BCUT2D eigenvalue weighted by Gasteiger charge is -2.36. The Morgan fingerprint density at radius 1 is 1.17 bits per heavy atom. The van der Waals surface area contributed by atoms with Crippen molar-refractivity contribution in [3.8, 4) is 5.75 Å². The lowest BCUT2D eigenvalue weighted by molar-refractivity contribution is -0.274. The predicted octanol–water partition coefficient (Wildman–Crippen LogP) is 3.13. The van der Waals surface area contributed by atoms with Crippen molar-refractivity contribution < 1.29 is 31.9 Å². The third kappa shape index (κ3) is 6.23. The second-order valence-corrected chi connectivity index (χ2v) is 7.49. The van der Waals surface area contributed by atoms with Gasteiger partial charge in [-0.1, -0.05) is 12.1 Å². The van der Waals surface area contributed by atoms with E-state index < -0.39 is 24.0 Å². The maximum atomic E-state index is 15.1. The summed E-state index contributed by atoms with van der Waals surface area (Å²) >= 11 is 0. The number of likely N-dealkylation sites (tertiary alicyclic amines) is 1. The van der Waals surface area contributed by atoms with Crippen molar-refractivity contribution >= 4 is 11.9 Å². The number of piperidine rings is 1. The number of rotatable bonds is 6. The van der Waals surface area contributed by atoms with E-state index in [2.05, 4.69) is 15.4 Å². The van der Waals surface area contributed by atoms with Crippen LogP contribution < -0.4 is 15.4 Å². The first-order valence-corrected chi connectivity index (χ1v) is 9.49. The van der Waals surface area contributed by atoms with E-state index in [9.17, 15) is 22.8 Å². The number of urea groups is 1. The monoisotopic (exact) mass is 417 g/mol. The van der Waals surface area contributed by atoms with Gasteiger partial charge in [0.1, 0.15) is 5.75 Å². The number of hydrogen-bond donors (Lipinski definition) is 2. The summed E-state index contributed by atoms with van der Waals surface area (Å²) < 4.78 is 55.3. The maximum absolute atomic E-state index is 15.1.